The second-order valence-electron chi connectivity index (χ2n) is 5.88. The van der Waals surface area contributed by atoms with Crippen LogP contribution in [0.5, 0.6) is 11.5 Å². The lowest BCUT2D eigenvalue weighted by Crippen LogP contribution is -2.27. The lowest BCUT2D eigenvalue weighted by molar-refractivity contribution is 0.0600. The number of hydrogen-bond acceptors (Lipinski definition) is 6. The monoisotopic (exact) mass is 411 g/mol. The van der Waals surface area contributed by atoms with E-state index < -0.39 is 22.0 Å². The first-order valence-electron chi connectivity index (χ1n) is 8.11. The molecule has 0 aromatic heterocycles. The SMILES string of the molecule is COC(=O)c1ccc(Cl)c(S(=O)(=O)NC(C)c2ccc3c(c2)OCCO3)c1. The van der Waals surface area contributed by atoms with Crippen molar-refractivity contribution in [3.63, 3.8) is 0 Å². The van der Waals surface area contributed by atoms with E-state index >= 15 is 0 Å². The van der Waals surface area contributed by atoms with E-state index in [0.717, 1.165) is 0 Å². The Kier molecular flexibility index (Phi) is 5.59. The van der Waals surface area contributed by atoms with E-state index in [1.54, 1.807) is 25.1 Å². The Morgan fingerprint density at radius 2 is 1.85 bits per heavy atom. The smallest absolute Gasteiger partial charge is 0.337 e. The van der Waals surface area contributed by atoms with Crippen molar-refractivity contribution in [2.24, 2.45) is 0 Å². The van der Waals surface area contributed by atoms with Gasteiger partial charge in [0.05, 0.1) is 17.7 Å². The molecule has 7 nitrogen and oxygen atoms in total. The molecule has 0 amide bonds. The molecule has 0 spiro atoms. The van der Waals surface area contributed by atoms with E-state index in [1.807, 2.05) is 0 Å². The molecule has 0 radical (unpaired) electrons. The summed E-state index contributed by atoms with van der Waals surface area (Å²) in [7, 11) is -2.77. The fourth-order valence-electron chi connectivity index (χ4n) is 2.65. The molecule has 0 bridgehead atoms. The van der Waals surface area contributed by atoms with Crippen LogP contribution in [-0.4, -0.2) is 34.7 Å². The van der Waals surface area contributed by atoms with Gasteiger partial charge in [0, 0.05) is 6.04 Å². The summed E-state index contributed by atoms with van der Waals surface area (Å²) < 4.78 is 43.7. The summed E-state index contributed by atoms with van der Waals surface area (Å²) >= 11 is 6.05. The van der Waals surface area contributed by atoms with E-state index in [9.17, 15) is 13.2 Å². The summed E-state index contributed by atoms with van der Waals surface area (Å²) in [5.74, 6) is 0.535. The number of benzene rings is 2. The number of carbonyl (C=O) groups excluding carboxylic acids is 1. The number of rotatable bonds is 5. The number of hydrogen-bond donors (Lipinski definition) is 1. The van der Waals surface area contributed by atoms with Crippen molar-refractivity contribution in [1.29, 1.82) is 0 Å². The Balaban J connectivity index is 1.87. The maximum absolute atomic E-state index is 12.8. The first kappa shape index (κ1) is 19.5. The van der Waals surface area contributed by atoms with Crippen molar-refractivity contribution < 1.29 is 27.4 Å². The largest absolute Gasteiger partial charge is 0.486 e. The normalized spacial score (nSPS) is 14.5. The van der Waals surface area contributed by atoms with Crippen molar-refractivity contribution in [2.45, 2.75) is 17.9 Å². The molecule has 0 fully saturated rings. The van der Waals surface area contributed by atoms with E-state index in [-0.39, 0.29) is 15.5 Å². The molecule has 1 N–H and O–H groups in total. The Labute approximate surface area is 162 Å². The topological polar surface area (TPSA) is 90.9 Å². The van der Waals surface area contributed by atoms with Gasteiger partial charge in [-0.1, -0.05) is 17.7 Å². The maximum Gasteiger partial charge on any atom is 0.337 e. The van der Waals surface area contributed by atoms with Gasteiger partial charge >= 0.3 is 5.97 Å². The summed E-state index contributed by atoms with van der Waals surface area (Å²) in [6.45, 7) is 2.61. The van der Waals surface area contributed by atoms with Gasteiger partial charge < -0.3 is 14.2 Å². The molecule has 2 aromatic rings. The number of nitrogens with one attached hydrogen (secondary N) is 1. The van der Waals surface area contributed by atoms with Crippen LogP contribution in [0.3, 0.4) is 0 Å². The molecule has 144 valence electrons. The fraction of sp³-hybridized carbons (Fsp3) is 0.278. The van der Waals surface area contributed by atoms with E-state index in [0.29, 0.717) is 30.3 Å². The minimum absolute atomic E-state index is 0.00419. The van der Waals surface area contributed by atoms with Gasteiger partial charge in [0.2, 0.25) is 10.0 Å². The van der Waals surface area contributed by atoms with Crippen molar-refractivity contribution in [2.75, 3.05) is 20.3 Å². The van der Waals surface area contributed by atoms with Gasteiger partial charge in [-0.25, -0.2) is 17.9 Å². The molecule has 9 heteroatoms. The highest BCUT2D eigenvalue weighted by molar-refractivity contribution is 7.89. The average molecular weight is 412 g/mol. The predicted molar refractivity (Wildman–Crippen MR) is 99.0 cm³/mol. The van der Waals surface area contributed by atoms with Crippen LogP contribution in [0.2, 0.25) is 5.02 Å². The predicted octanol–water partition coefficient (Wildman–Crippen LogP) is 2.94. The zero-order chi connectivity index (χ0) is 19.6. The summed E-state index contributed by atoms with van der Waals surface area (Å²) in [6, 6.07) is 8.59. The van der Waals surface area contributed by atoms with Crippen LogP contribution < -0.4 is 14.2 Å². The second kappa shape index (κ2) is 7.75. The third-order valence-electron chi connectivity index (χ3n) is 4.04. The zero-order valence-corrected chi connectivity index (χ0v) is 16.3. The number of methoxy groups -OCH3 is 1. The summed E-state index contributed by atoms with van der Waals surface area (Å²) in [5, 5.41) is 0.00419. The number of ether oxygens (including phenoxy) is 3. The van der Waals surface area contributed by atoms with Crippen molar-refractivity contribution >= 4 is 27.6 Å². The van der Waals surface area contributed by atoms with Gasteiger partial charge in [0.1, 0.15) is 18.1 Å². The van der Waals surface area contributed by atoms with Crippen LogP contribution in [0.15, 0.2) is 41.3 Å². The second-order valence-corrected chi connectivity index (χ2v) is 7.97. The van der Waals surface area contributed by atoms with Crippen LogP contribution in [-0.2, 0) is 14.8 Å². The van der Waals surface area contributed by atoms with Crippen LogP contribution in [0.4, 0.5) is 0 Å². The van der Waals surface area contributed by atoms with Crippen molar-refractivity contribution in [3.8, 4) is 11.5 Å². The van der Waals surface area contributed by atoms with Gasteiger partial charge in [0.25, 0.3) is 0 Å². The van der Waals surface area contributed by atoms with Gasteiger partial charge in [0.15, 0.2) is 11.5 Å². The van der Waals surface area contributed by atoms with Crippen LogP contribution in [0.1, 0.15) is 28.9 Å². The highest BCUT2D eigenvalue weighted by atomic mass is 35.5. The molecular weight excluding hydrogens is 394 g/mol. The Morgan fingerprint density at radius 3 is 2.56 bits per heavy atom. The Bertz CT molecular complexity index is 976. The molecule has 2 aromatic carbocycles. The number of sulfonamides is 1. The molecule has 0 saturated heterocycles. The van der Waals surface area contributed by atoms with E-state index in [1.165, 1.54) is 25.3 Å². The van der Waals surface area contributed by atoms with Gasteiger partial charge in [-0.05, 0) is 42.8 Å². The molecule has 1 unspecified atom stereocenters. The zero-order valence-electron chi connectivity index (χ0n) is 14.7. The third kappa shape index (κ3) is 4.18. The number of halogens is 1. The number of esters is 1. The van der Waals surface area contributed by atoms with E-state index in [2.05, 4.69) is 9.46 Å². The average Bonchev–Trinajstić information content (AvgIpc) is 2.66. The summed E-state index contributed by atoms with van der Waals surface area (Å²) in [4.78, 5) is 11.5. The van der Waals surface area contributed by atoms with E-state index in [4.69, 9.17) is 21.1 Å². The van der Waals surface area contributed by atoms with Gasteiger partial charge in [-0.15, -0.1) is 0 Å². The number of fused-ring (bicyclic) bond motifs is 1. The maximum atomic E-state index is 12.8. The first-order chi connectivity index (χ1) is 12.8. The third-order valence-corrected chi connectivity index (χ3v) is 6.06. The molecule has 1 atom stereocenters. The van der Waals surface area contributed by atoms with Gasteiger partial charge in [-0.3, -0.25) is 0 Å². The minimum atomic E-state index is -3.99. The van der Waals surface area contributed by atoms with Gasteiger partial charge in [-0.2, -0.15) is 0 Å². The van der Waals surface area contributed by atoms with Crippen LogP contribution in [0, 0.1) is 0 Å². The Hall–Kier alpha value is -2.29. The lowest BCUT2D eigenvalue weighted by Gasteiger charge is -2.21. The molecule has 1 aliphatic rings. The standard InChI is InChI=1S/C18H18ClNO6S/c1-11(12-4-6-15-16(9-12)26-8-7-25-15)20-27(22,23)17-10-13(18(21)24-2)3-5-14(17)19/h3-6,9-11,20H,7-8H2,1-2H3. The van der Waals surface area contributed by atoms with Crippen molar-refractivity contribution in [3.05, 3.63) is 52.5 Å². The molecule has 0 saturated carbocycles. The first-order valence-corrected chi connectivity index (χ1v) is 9.97. The lowest BCUT2D eigenvalue weighted by atomic mass is 10.1. The van der Waals surface area contributed by atoms with Crippen LogP contribution >= 0.6 is 11.6 Å². The van der Waals surface area contributed by atoms with Crippen molar-refractivity contribution in [1.82, 2.24) is 4.72 Å². The molecule has 3 rings (SSSR count). The molecule has 1 heterocycles. The highest BCUT2D eigenvalue weighted by Gasteiger charge is 2.24. The summed E-state index contributed by atoms with van der Waals surface area (Å²) in [5.41, 5.74) is 0.789. The minimum Gasteiger partial charge on any atom is -0.486 e. The number of carbonyl (C=O) groups is 1. The molecular formula is C18H18ClNO6S. The van der Waals surface area contributed by atoms with Crippen LogP contribution in [0.25, 0.3) is 0 Å². The highest BCUT2D eigenvalue weighted by Crippen LogP contribution is 2.33. The molecule has 1 aliphatic heterocycles. The molecule has 0 aliphatic carbocycles. The fourth-order valence-corrected chi connectivity index (χ4v) is 4.41. The Morgan fingerprint density at radius 1 is 1.15 bits per heavy atom. The molecule has 27 heavy (non-hydrogen) atoms. The summed E-state index contributed by atoms with van der Waals surface area (Å²) in [6.07, 6.45) is 0. The quantitative estimate of drug-likeness (QED) is 0.760.